The summed E-state index contributed by atoms with van der Waals surface area (Å²) in [6.45, 7) is 0. The zero-order valence-electron chi connectivity index (χ0n) is 13.7. The predicted octanol–water partition coefficient (Wildman–Crippen LogP) is 5.40. The highest BCUT2D eigenvalue weighted by atomic mass is 35.5. The van der Waals surface area contributed by atoms with Gasteiger partial charge < -0.3 is 4.42 Å². The Balaban J connectivity index is 1.73. The van der Waals surface area contributed by atoms with Gasteiger partial charge in [0, 0.05) is 21.8 Å². The highest BCUT2D eigenvalue weighted by Gasteiger charge is 2.32. The molecule has 0 atom stereocenters. The lowest BCUT2D eigenvalue weighted by atomic mass is 10.2. The van der Waals surface area contributed by atoms with Crippen molar-refractivity contribution in [3.05, 3.63) is 72.8 Å². The van der Waals surface area contributed by atoms with Crippen molar-refractivity contribution in [2.45, 2.75) is 0 Å². The van der Waals surface area contributed by atoms with Crippen LogP contribution in [0.5, 0.6) is 0 Å². The summed E-state index contributed by atoms with van der Waals surface area (Å²) >= 11 is 18.5. The number of hydrazone groups is 1. The van der Waals surface area contributed by atoms with Crippen LogP contribution in [-0.4, -0.2) is 26.4 Å². The van der Waals surface area contributed by atoms with E-state index in [4.69, 9.17) is 39.8 Å². The van der Waals surface area contributed by atoms with Crippen LogP contribution in [-0.2, 0) is 4.79 Å². The maximum atomic E-state index is 12.5. The zero-order chi connectivity index (χ0) is 20.3. The smallest absolute Gasteiger partial charge is 0.401 e. The van der Waals surface area contributed by atoms with Crippen LogP contribution in [0.1, 0.15) is 11.3 Å². The minimum absolute atomic E-state index is 0.248. The number of thioether (sulfide) groups is 1. The Morgan fingerprint density at radius 3 is 2.61 bits per heavy atom. The number of hydrogen-bond acceptors (Lipinski definition) is 7. The number of allylic oxidation sites excluding steroid dienone is 1. The molecule has 0 unspecified atom stereocenters. The number of amides is 1. The second-order valence-corrected chi connectivity index (χ2v) is 7.68. The van der Waals surface area contributed by atoms with Crippen LogP contribution in [0.15, 0.2) is 50.8 Å². The first-order chi connectivity index (χ1) is 13.4. The summed E-state index contributed by atoms with van der Waals surface area (Å²) in [4.78, 5) is 22.8. The molecule has 7 nitrogen and oxygen atoms in total. The summed E-state index contributed by atoms with van der Waals surface area (Å²) < 4.78 is 5.22. The van der Waals surface area contributed by atoms with Gasteiger partial charge in [-0.1, -0.05) is 41.0 Å². The van der Waals surface area contributed by atoms with Crippen molar-refractivity contribution in [3.63, 3.8) is 0 Å². The highest BCUT2D eigenvalue weighted by Crippen LogP contribution is 2.35. The molecule has 2 heterocycles. The van der Waals surface area contributed by atoms with Gasteiger partial charge in [0.25, 0.3) is 5.91 Å². The van der Waals surface area contributed by atoms with Crippen molar-refractivity contribution >= 4 is 81.7 Å². The normalized spacial score (nSPS) is 16.2. The lowest BCUT2D eigenvalue weighted by Crippen LogP contribution is -2.21. The predicted molar refractivity (Wildman–Crippen MR) is 114 cm³/mol. The maximum Gasteiger partial charge on any atom is 0.433 e. The molecule has 1 aliphatic heterocycles. The van der Waals surface area contributed by atoms with E-state index in [9.17, 15) is 14.9 Å². The monoisotopic (exact) mass is 453 g/mol. The number of nitrogens with zero attached hydrogens (tertiary/aromatic N) is 3. The van der Waals surface area contributed by atoms with Crippen LogP contribution in [0.2, 0.25) is 10.0 Å². The third-order valence-corrected chi connectivity index (χ3v) is 5.31. The van der Waals surface area contributed by atoms with E-state index >= 15 is 0 Å². The maximum absolute atomic E-state index is 12.5. The standard InChI is InChI=1S/C17H9Cl2N3O4S2/c18-12-4-1-5-13(19)11(12)9-14-16(23)21(17(27)28-14)20-8-2-3-10-6-7-15(26-10)22(24)25/h1-9H/b3-2+,14-9+,20-8+. The summed E-state index contributed by atoms with van der Waals surface area (Å²) in [6, 6.07) is 7.73. The van der Waals surface area contributed by atoms with Gasteiger partial charge in [-0.05, 0) is 48.6 Å². The van der Waals surface area contributed by atoms with Crippen molar-refractivity contribution in [2.24, 2.45) is 5.10 Å². The topological polar surface area (TPSA) is 89.0 Å². The van der Waals surface area contributed by atoms with Crippen molar-refractivity contribution in [2.75, 3.05) is 0 Å². The Bertz CT molecular complexity index is 1040. The number of halogens is 2. The number of hydrogen-bond donors (Lipinski definition) is 0. The molecule has 0 N–H and O–H groups in total. The van der Waals surface area contributed by atoms with Crippen LogP contribution >= 0.6 is 47.2 Å². The first-order valence-electron chi connectivity index (χ1n) is 7.53. The Hall–Kier alpha value is -2.46. The van der Waals surface area contributed by atoms with E-state index in [1.165, 1.54) is 30.5 Å². The number of carbonyl (C=O) groups is 1. The Labute approximate surface area is 178 Å². The second-order valence-electron chi connectivity index (χ2n) is 5.19. The van der Waals surface area contributed by atoms with Crippen LogP contribution in [0.25, 0.3) is 12.2 Å². The van der Waals surface area contributed by atoms with Crippen molar-refractivity contribution < 1.29 is 14.1 Å². The summed E-state index contributed by atoms with van der Waals surface area (Å²) in [5, 5.41) is 16.5. The van der Waals surface area contributed by atoms with Gasteiger partial charge in [-0.15, -0.1) is 0 Å². The van der Waals surface area contributed by atoms with E-state index < -0.39 is 10.8 Å². The van der Waals surface area contributed by atoms with Crippen molar-refractivity contribution in [3.8, 4) is 0 Å². The fourth-order valence-electron chi connectivity index (χ4n) is 2.11. The molecule has 0 spiro atoms. The number of furan rings is 1. The SMILES string of the molecule is O=C1/C(=C\c2c(Cl)cccc2Cl)SC(=S)N1/N=C/C=C/c1ccc([N+](=O)[O-])o1. The average Bonchev–Trinajstić information content (AvgIpc) is 3.21. The number of rotatable bonds is 5. The van der Waals surface area contributed by atoms with E-state index in [-0.39, 0.29) is 16.0 Å². The number of carbonyl (C=O) groups excluding carboxylic acids is 1. The molecule has 11 heteroatoms. The molecule has 0 aliphatic carbocycles. The minimum Gasteiger partial charge on any atom is -0.401 e. The Kier molecular flexibility index (Phi) is 6.30. The molecular formula is C17H9Cl2N3O4S2. The summed E-state index contributed by atoms with van der Waals surface area (Å²) in [5.74, 6) is -0.502. The molecule has 0 bridgehead atoms. The van der Waals surface area contributed by atoms with Gasteiger partial charge in [0.15, 0.2) is 4.32 Å². The number of benzene rings is 1. The van der Waals surface area contributed by atoms with Gasteiger partial charge in [0.2, 0.25) is 0 Å². The van der Waals surface area contributed by atoms with Gasteiger partial charge in [-0.2, -0.15) is 10.1 Å². The number of nitro groups is 1. The van der Waals surface area contributed by atoms with Gasteiger partial charge in [-0.3, -0.25) is 14.9 Å². The Morgan fingerprint density at radius 1 is 1.25 bits per heavy atom. The molecule has 0 saturated carbocycles. The van der Waals surface area contributed by atoms with E-state index in [1.54, 1.807) is 24.3 Å². The van der Waals surface area contributed by atoms with Crippen molar-refractivity contribution in [1.82, 2.24) is 5.01 Å². The zero-order valence-corrected chi connectivity index (χ0v) is 16.9. The van der Waals surface area contributed by atoms with Gasteiger partial charge in [-0.25, -0.2) is 0 Å². The van der Waals surface area contributed by atoms with E-state index in [1.807, 2.05) is 0 Å². The lowest BCUT2D eigenvalue weighted by Gasteiger charge is -2.05. The quantitative estimate of drug-likeness (QED) is 0.198. The first kappa shape index (κ1) is 20.3. The molecule has 1 saturated heterocycles. The summed E-state index contributed by atoms with van der Waals surface area (Å²) in [7, 11) is 0. The Morgan fingerprint density at radius 2 is 1.96 bits per heavy atom. The molecular weight excluding hydrogens is 445 g/mol. The van der Waals surface area contributed by atoms with Crippen LogP contribution < -0.4 is 0 Å². The fraction of sp³-hybridized carbons (Fsp3) is 0. The molecule has 1 fully saturated rings. The molecule has 1 aliphatic rings. The molecule has 1 amide bonds. The molecule has 2 aromatic rings. The van der Waals surface area contributed by atoms with Crippen LogP contribution in [0, 0.1) is 10.1 Å². The van der Waals surface area contributed by atoms with Gasteiger partial charge in [0.05, 0.1) is 11.0 Å². The molecule has 3 rings (SSSR count). The molecule has 1 aromatic heterocycles. The first-order valence-corrected chi connectivity index (χ1v) is 9.51. The molecule has 28 heavy (non-hydrogen) atoms. The largest absolute Gasteiger partial charge is 0.433 e. The lowest BCUT2D eigenvalue weighted by molar-refractivity contribution is -0.402. The van der Waals surface area contributed by atoms with Gasteiger partial charge in [0.1, 0.15) is 10.7 Å². The number of thiocarbonyl (C=S) groups is 1. The average molecular weight is 454 g/mol. The minimum atomic E-state index is -0.636. The molecule has 0 radical (unpaired) electrons. The second kappa shape index (κ2) is 8.70. The fourth-order valence-corrected chi connectivity index (χ4v) is 3.77. The third kappa shape index (κ3) is 4.50. The van der Waals surface area contributed by atoms with Gasteiger partial charge >= 0.3 is 5.88 Å². The summed E-state index contributed by atoms with van der Waals surface area (Å²) in [5.41, 5.74) is 0.523. The summed E-state index contributed by atoms with van der Waals surface area (Å²) in [6.07, 6.45) is 5.82. The molecule has 1 aromatic carbocycles. The molecule has 142 valence electrons. The van der Waals surface area contributed by atoms with Crippen LogP contribution in [0.3, 0.4) is 0 Å². The van der Waals surface area contributed by atoms with E-state index in [0.717, 1.165) is 16.8 Å². The third-order valence-electron chi connectivity index (χ3n) is 3.37. The van der Waals surface area contributed by atoms with Crippen molar-refractivity contribution in [1.29, 1.82) is 0 Å². The van der Waals surface area contributed by atoms with E-state index in [2.05, 4.69) is 5.10 Å². The van der Waals surface area contributed by atoms with Crippen LogP contribution in [0.4, 0.5) is 5.88 Å². The highest BCUT2D eigenvalue weighted by molar-refractivity contribution is 8.26. The van der Waals surface area contributed by atoms with E-state index in [0.29, 0.717) is 20.5 Å².